The van der Waals surface area contributed by atoms with Gasteiger partial charge in [-0.25, -0.2) is 0 Å². The van der Waals surface area contributed by atoms with Crippen LogP contribution in [0, 0.1) is 0 Å². The van der Waals surface area contributed by atoms with Gasteiger partial charge in [0.1, 0.15) is 5.75 Å². The average Bonchev–Trinajstić information content (AvgIpc) is 2.43. The van der Waals surface area contributed by atoms with Crippen LogP contribution >= 0.6 is 11.6 Å². The summed E-state index contributed by atoms with van der Waals surface area (Å²) in [5.74, 6) is 0.300. The molecule has 2 aromatic rings. The maximum absolute atomic E-state index is 9.25. The van der Waals surface area contributed by atoms with E-state index in [1.165, 1.54) is 5.56 Å². The van der Waals surface area contributed by atoms with Gasteiger partial charge in [-0.15, -0.1) is 0 Å². The summed E-state index contributed by atoms with van der Waals surface area (Å²) in [6, 6.07) is 15.5. The molecule has 2 N–H and O–H groups in total. The Balaban J connectivity index is 1.99. The molecule has 0 aliphatic carbocycles. The van der Waals surface area contributed by atoms with E-state index in [9.17, 15) is 5.11 Å². The number of nitrogens with one attached hydrogen (secondary N) is 1. The van der Waals surface area contributed by atoms with E-state index >= 15 is 0 Å². The monoisotopic (exact) mass is 275 g/mol. The average molecular weight is 276 g/mol. The summed E-state index contributed by atoms with van der Waals surface area (Å²) in [5, 5.41) is 13.5. The number of hydrogen-bond donors (Lipinski definition) is 2. The Bertz CT molecular complexity index is 507. The molecule has 0 aliphatic rings. The second kappa shape index (κ2) is 6.60. The highest BCUT2D eigenvalue weighted by Crippen LogP contribution is 2.20. The molecular weight excluding hydrogens is 258 g/mol. The molecule has 0 bridgehead atoms. The molecule has 1 atom stereocenters. The quantitative estimate of drug-likeness (QED) is 0.853. The highest BCUT2D eigenvalue weighted by Gasteiger charge is 2.08. The van der Waals surface area contributed by atoms with Crippen molar-refractivity contribution < 1.29 is 5.11 Å². The summed E-state index contributed by atoms with van der Waals surface area (Å²) in [6.45, 7) is 2.94. The predicted octanol–water partition coefficient (Wildman–Crippen LogP) is 4.29. The van der Waals surface area contributed by atoms with Crippen molar-refractivity contribution in [2.45, 2.75) is 25.9 Å². The van der Waals surface area contributed by atoms with Crippen LogP contribution < -0.4 is 5.32 Å². The summed E-state index contributed by atoms with van der Waals surface area (Å²) in [6.07, 6.45) is 1.01. The van der Waals surface area contributed by atoms with Gasteiger partial charge in [-0.05, 0) is 41.8 Å². The fourth-order valence-corrected chi connectivity index (χ4v) is 2.17. The Morgan fingerprint density at radius 1 is 1.05 bits per heavy atom. The second-order valence-corrected chi connectivity index (χ2v) is 5.00. The van der Waals surface area contributed by atoms with Crippen LogP contribution in [-0.2, 0) is 6.54 Å². The molecule has 0 spiro atoms. The van der Waals surface area contributed by atoms with Gasteiger partial charge < -0.3 is 10.4 Å². The van der Waals surface area contributed by atoms with Gasteiger partial charge >= 0.3 is 0 Å². The van der Waals surface area contributed by atoms with Gasteiger partial charge in [0.2, 0.25) is 0 Å². The van der Waals surface area contributed by atoms with Gasteiger partial charge in [0.25, 0.3) is 0 Å². The van der Waals surface area contributed by atoms with Gasteiger partial charge in [-0.3, -0.25) is 0 Å². The lowest BCUT2D eigenvalue weighted by Crippen LogP contribution is -2.20. The van der Waals surface area contributed by atoms with Crippen molar-refractivity contribution >= 4 is 11.6 Å². The number of rotatable bonds is 5. The molecule has 19 heavy (non-hydrogen) atoms. The topological polar surface area (TPSA) is 32.3 Å². The largest absolute Gasteiger partial charge is 0.508 e. The SMILES string of the molecule is CCC(NCc1ccc(O)cc1)c1ccc(Cl)cc1. The van der Waals surface area contributed by atoms with Crippen LogP contribution in [0.15, 0.2) is 48.5 Å². The number of aromatic hydroxyl groups is 1. The van der Waals surface area contributed by atoms with Gasteiger partial charge in [0, 0.05) is 17.6 Å². The van der Waals surface area contributed by atoms with E-state index in [1.54, 1.807) is 12.1 Å². The normalized spacial score (nSPS) is 12.3. The minimum Gasteiger partial charge on any atom is -0.508 e. The lowest BCUT2D eigenvalue weighted by Gasteiger charge is -2.17. The van der Waals surface area contributed by atoms with Gasteiger partial charge in [0.05, 0.1) is 0 Å². The Morgan fingerprint density at radius 2 is 1.68 bits per heavy atom. The molecule has 0 aliphatic heterocycles. The van der Waals surface area contributed by atoms with Crippen LogP contribution in [0.2, 0.25) is 5.02 Å². The zero-order valence-corrected chi connectivity index (χ0v) is 11.7. The lowest BCUT2D eigenvalue weighted by atomic mass is 10.0. The van der Waals surface area contributed by atoms with E-state index < -0.39 is 0 Å². The number of halogens is 1. The predicted molar refractivity (Wildman–Crippen MR) is 79.4 cm³/mol. The zero-order valence-electron chi connectivity index (χ0n) is 10.9. The van der Waals surface area contributed by atoms with Crippen molar-refractivity contribution in [1.29, 1.82) is 0 Å². The molecule has 2 nitrogen and oxygen atoms in total. The van der Waals surface area contributed by atoms with Gasteiger partial charge in [-0.2, -0.15) is 0 Å². The second-order valence-electron chi connectivity index (χ2n) is 4.56. The number of phenolic OH excluding ortho intramolecular Hbond substituents is 1. The van der Waals surface area contributed by atoms with Gasteiger partial charge in [-0.1, -0.05) is 42.8 Å². The first-order chi connectivity index (χ1) is 9.19. The van der Waals surface area contributed by atoms with Crippen LogP contribution in [0.25, 0.3) is 0 Å². The molecule has 1 unspecified atom stereocenters. The van der Waals surface area contributed by atoms with Crippen LogP contribution in [0.3, 0.4) is 0 Å². The maximum Gasteiger partial charge on any atom is 0.115 e. The fraction of sp³-hybridized carbons (Fsp3) is 0.250. The third-order valence-corrected chi connectivity index (χ3v) is 3.42. The van der Waals surface area contributed by atoms with E-state index in [-0.39, 0.29) is 0 Å². The lowest BCUT2D eigenvalue weighted by molar-refractivity contribution is 0.474. The molecule has 0 amide bonds. The standard InChI is InChI=1S/C16H18ClNO/c1-2-16(13-5-7-14(17)8-6-13)18-11-12-3-9-15(19)10-4-12/h3-10,16,18-19H,2,11H2,1H3. The molecule has 100 valence electrons. The molecule has 0 saturated carbocycles. The summed E-state index contributed by atoms with van der Waals surface area (Å²) >= 11 is 5.90. The number of phenols is 1. The summed E-state index contributed by atoms with van der Waals surface area (Å²) in [7, 11) is 0. The Labute approximate surface area is 119 Å². The number of hydrogen-bond acceptors (Lipinski definition) is 2. The van der Waals surface area contributed by atoms with Crippen molar-refractivity contribution in [2.24, 2.45) is 0 Å². The molecule has 0 heterocycles. The highest BCUT2D eigenvalue weighted by molar-refractivity contribution is 6.30. The summed E-state index contributed by atoms with van der Waals surface area (Å²) < 4.78 is 0. The van der Waals surface area contributed by atoms with Crippen molar-refractivity contribution in [2.75, 3.05) is 0 Å². The van der Waals surface area contributed by atoms with E-state index in [2.05, 4.69) is 24.4 Å². The van der Waals surface area contributed by atoms with E-state index in [4.69, 9.17) is 11.6 Å². The van der Waals surface area contributed by atoms with E-state index in [0.717, 1.165) is 23.6 Å². The first kappa shape index (κ1) is 13.9. The van der Waals surface area contributed by atoms with Crippen molar-refractivity contribution in [1.82, 2.24) is 5.32 Å². The van der Waals surface area contributed by atoms with Crippen molar-refractivity contribution in [3.8, 4) is 5.75 Å². The first-order valence-corrected chi connectivity index (χ1v) is 6.83. The minimum absolute atomic E-state index is 0.300. The molecule has 3 heteroatoms. The molecule has 2 aromatic carbocycles. The van der Waals surface area contributed by atoms with Crippen LogP contribution in [-0.4, -0.2) is 5.11 Å². The van der Waals surface area contributed by atoms with Gasteiger partial charge in [0.15, 0.2) is 0 Å². The Hall–Kier alpha value is -1.51. The minimum atomic E-state index is 0.300. The third kappa shape index (κ3) is 3.98. The van der Waals surface area contributed by atoms with Crippen LogP contribution in [0.5, 0.6) is 5.75 Å². The molecule has 0 aromatic heterocycles. The van der Waals surface area contributed by atoms with E-state index in [1.807, 2.05) is 24.3 Å². The smallest absolute Gasteiger partial charge is 0.115 e. The first-order valence-electron chi connectivity index (χ1n) is 6.46. The molecule has 0 radical (unpaired) electrons. The van der Waals surface area contributed by atoms with Crippen LogP contribution in [0.1, 0.15) is 30.5 Å². The van der Waals surface area contributed by atoms with Crippen LogP contribution in [0.4, 0.5) is 0 Å². The van der Waals surface area contributed by atoms with Crippen molar-refractivity contribution in [3.05, 3.63) is 64.7 Å². The molecule has 2 rings (SSSR count). The highest BCUT2D eigenvalue weighted by atomic mass is 35.5. The molecule has 0 fully saturated rings. The Morgan fingerprint density at radius 3 is 2.26 bits per heavy atom. The molecule has 0 saturated heterocycles. The fourth-order valence-electron chi connectivity index (χ4n) is 2.05. The summed E-state index contributed by atoms with van der Waals surface area (Å²) in [4.78, 5) is 0. The summed E-state index contributed by atoms with van der Waals surface area (Å²) in [5.41, 5.74) is 2.40. The Kier molecular flexibility index (Phi) is 4.83. The van der Waals surface area contributed by atoms with E-state index in [0.29, 0.717) is 11.8 Å². The number of benzene rings is 2. The third-order valence-electron chi connectivity index (χ3n) is 3.17. The zero-order chi connectivity index (χ0) is 13.7. The molecular formula is C16H18ClNO. The maximum atomic E-state index is 9.25. The van der Waals surface area contributed by atoms with Crippen molar-refractivity contribution in [3.63, 3.8) is 0 Å².